The van der Waals surface area contributed by atoms with Crippen LogP contribution in [0.1, 0.15) is 44.9 Å². The molecule has 12 heteroatoms. The molecule has 1 aliphatic carbocycles. The Hall–Kier alpha value is -3.41. The fourth-order valence-electron chi connectivity index (χ4n) is 7.47. The van der Waals surface area contributed by atoms with Crippen molar-refractivity contribution in [3.63, 3.8) is 0 Å². The number of halogens is 4. The molecule has 2 atom stereocenters. The van der Waals surface area contributed by atoms with Crippen LogP contribution in [0.15, 0.2) is 24.4 Å². The van der Waals surface area contributed by atoms with Gasteiger partial charge in [-0.2, -0.15) is 9.97 Å². The minimum Gasteiger partial charge on any atom is -0.508 e. The third-order valence-corrected chi connectivity index (χ3v) is 9.28. The highest BCUT2D eigenvalue weighted by Crippen LogP contribution is 2.43. The number of anilines is 1. The maximum atomic E-state index is 16.3. The van der Waals surface area contributed by atoms with Crippen LogP contribution < -0.4 is 14.4 Å². The van der Waals surface area contributed by atoms with E-state index < -0.39 is 23.6 Å². The van der Waals surface area contributed by atoms with Crippen molar-refractivity contribution >= 4 is 16.7 Å². The van der Waals surface area contributed by atoms with E-state index in [0.29, 0.717) is 29.6 Å². The number of rotatable bonds is 6. The van der Waals surface area contributed by atoms with Crippen molar-refractivity contribution < 1.29 is 32.1 Å². The molecule has 1 saturated carbocycles. The maximum absolute atomic E-state index is 16.3. The Morgan fingerprint density at radius 3 is 2.49 bits per heavy atom. The van der Waals surface area contributed by atoms with Crippen LogP contribution in [-0.4, -0.2) is 69.6 Å². The molecule has 5 heterocycles. The number of aromatic hydroxyl groups is 1. The zero-order chi connectivity index (χ0) is 28.4. The minimum absolute atomic E-state index is 0.0391. The van der Waals surface area contributed by atoms with Gasteiger partial charge in [-0.05, 0) is 88.1 Å². The van der Waals surface area contributed by atoms with E-state index in [2.05, 4.69) is 24.5 Å². The highest BCUT2D eigenvalue weighted by atomic mass is 19.4. The summed E-state index contributed by atoms with van der Waals surface area (Å²) in [6.45, 7) is 4.00. The second kappa shape index (κ2) is 9.85. The molecular formula is C29H31F4N5O3. The van der Waals surface area contributed by atoms with Gasteiger partial charge in [0, 0.05) is 24.8 Å². The van der Waals surface area contributed by atoms with Crippen LogP contribution in [-0.2, 0) is 0 Å². The molecule has 2 bridgehead atoms. The number of nitrogens with zero attached hydrogens (tertiary/aromatic N) is 5. The number of alkyl halides is 3. The van der Waals surface area contributed by atoms with Crippen LogP contribution in [0.25, 0.3) is 22.2 Å². The van der Waals surface area contributed by atoms with Gasteiger partial charge in [0.05, 0.1) is 10.9 Å². The molecule has 0 radical (unpaired) electrons. The lowest BCUT2D eigenvalue weighted by Crippen LogP contribution is -2.43. The van der Waals surface area contributed by atoms with Crippen molar-refractivity contribution in [2.24, 2.45) is 11.8 Å². The van der Waals surface area contributed by atoms with Gasteiger partial charge in [0.2, 0.25) is 0 Å². The Bertz CT molecular complexity index is 1460. The van der Waals surface area contributed by atoms with E-state index in [9.17, 15) is 18.3 Å². The number of ether oxygens (including phenoxy) is 2. The van der Waals surface area contributed by atoms with Gasteiger partial charge in [0.25, 0.3) is 0 Å². The molecule has 218 valence electrons. The summed E-state index contributed by atoms with van der Waals surface area (Å²) in [5, 5.41) is 10.4. The van der Waals surface area contributed by atoms with Gasteiger partial charge in [-0.25, -0.2) is 4.39 Å². The van der Waals surface area contributed by atoms with Crippen LogP contribution in [0.5, 0.6) is 17.5 Å². The summed E-state index contributed by atoms with van der Waals surface area (Å²) in [5.41, 5.74) is -0.928. The van der Waals surface area contributed by atoms with E-state index in [-0.39, 0.29) is 28.4 Å². The van der Waals surface area contributed by atoms with Crippen LogP contribution in [0.4, 0.5) is 23.4 Å². The van der Waals surface area contributed by atoms with Gasteiger partial charge < -0.3 is 19.5 Å². The smallest absolute Gasteiger partial charge is 0.508 e. The average Bonchev–Trinajstić information content (AvgIpc) is 3.61. The van der Waals surface area contributed by atoms with Crippen LogP contribution in [0.3, 0.4) is 0 Å². The molecule has 7 rings (SSSR count). The fourth-order valence-corrected chi connectivity index (χ4v) is 7.47. The number of fused-ring (bicyclic) bond motifs is 4. The van der Waals surface area contributed by atoms with E-state index in [1.165, 1.54) is 6.20 Å². The highest BCUT2D eigenvalue weighted by molar-refractivity contribution is 5.92. The molecule has 3 saturated heterocycles. The largest absolute Gasteiger partial charge is 0.573 e. The number of hydrogen-bond donors (Lipinski definition) is 1. The summed E-state index contributed by atoms with van der Waals surface area (Å²) < 4.78 is 66.0. The number of aromatic nitrogens is 3. The van der Waals surface area contributed by atoms with Crippen molar-refractivity contribution in [2.75, 3.05) is 37.7 Å². The molecule has 2 aromatic heterocycles. The second-order valence-electron chi connectivity index (χ2n) is 11.9. The van der Waals surface area contributed by atoms with E-state index in [0.717, 1.165) is 89.3 Å². The quantitative estimate of drug-likeness (QED) is 0.378. The third-order valence-electron chi connectivity index (χ3n) is 9.28. The lowest BCUT2D eigenvalue weighted by atomic mass is 9.95. The minimum atomic E-state index is -5.02. The van der Waals surface area contributed by atoms with Gasteiger partial charge in [0.1, 0.15) is 35.1 Å². The lowest BCUT2D eigenvalue weighted by molar-refractivity contribution is -0.274. The molecule has 0 amide bonds. The normalized spacial score (nSPS) is 23.8. The summed E-state index contributed by atoms with van der Waals surface area (Å²) in [6, 6.07) is 3.00. The average molecular weight is 574 g/mol. The molecule has 1 N–H and O–H groups in total. The Morgan fingerprint density at radius 2 is 1.78 bits per heavy atom. The first-order valence-electron chi connectivity index (χ1n) is 14.3. The summed E-state index contributed by atoms with van der Waals surface area (Å²) in [5.74, 6) is -0.396. The second-order valence-corrected chi connectivity index (χ2v) is 11.9. The number of hydrogen-bond acceptors (Lipinski definition) is 8. The van der Waals surface area contributed by atoms with Gasteiger partial charge in [-0.3, -0.25) is 9.88 Å². The van der Waals surface area contributed by atoms with E-state index in [4.69, 9.17) is 9.72 Å². The number of pyridine rings is 1. The Balaban J connectivity index is 1.32. The van der Waals surface area contributed by atoms with Crippen molar-refractivity contribution in [3.8, 4) is 28.8 Å². The molecule has 2 unspecified atom stereocenters. The zero-order valence-electron chi connectivity index (χ0n) is 22.5. The Kier molecular flexibility index (Phi) is 6.36. The standard InChI is InChI=1S/C29H31F4N5O3/c30-23-24(20-12-19(39)5-6-22(20)41-29(31,32)33)34-13-21-25(23)35-27(40-16-28-7-1-9-38(28)10-2-8-28)36-26(21)37-14-17-3-4-18(11-17)15-37/h5-6,12-13,17-18,39H,1-4,7-11,14-16H2. The molecule has 41 heavy (non-hydrogen) atoms. The zero-order valence-corrected chi connectivity index (χ0v) is 22.5. The number of benzene rings is 1. The van der Waals surface area contributed by atoms with E-state index in [1.807, 2.05) is 0 Å². The fraction of sp³-hybridized carbons (Fsp3) is 0.552. The molecule has 0 spiro atoms. The van der Waals surface area contributed by atoms with Gasteiger partial charge in [0.15, 0.2) is 5.82 Å². The molecule has 8 nitrogen and oxygen atoms in total. The molecule has 4 fully saturated rings. The lowest BCUT2D eigenvalue weighted by Gasteiger charge is -2.34. The van der Waals surface area contributed by atoms with Crippen molar-refractivity contribution in [3.05, 3.63) is 30.2 Å². The molecular weight excluding hydrogens is 542 g/mol. The third kappa shape index (κ3) is 4.89. The molecule has 3 aliphatic heterocycles. The predicted octanol–water partition coefficient (Wildman–Crippen LogP) is 5.68. The first-order valence-corrected chi connectivity index (χ1v) is 14.3. The van der Waals surface area contributed by atoms with Crippen LogP contribution in [0, 0.1) is 17.7 Å². The number of piperidine rings is 1. The van der Waals surface area contributed by atoms with Gasteiger partial charge in [-0.15, -0.1) is 13.2 Å². The van der Waals surface area contributed by atoms with Gasteiger partial charge >= 0.3 is 12.4 Å². The van der Waals surface area contributed by atoms with Crippen molar-refractivity contribution in [1.82, 2.24) is 19.9 Å². The van der Waals surface area contributed by atoms with Crippen LogP contribution >= 0.6 is 0 Å². The van der Waals surface area contributed by atoms with E-state index >= 15 is 4.39 Å². The summed E-state index contributed by atoms with van der Waals surface area (Å²) >= 11 is 0. The van der Waals surface area contributed by atoms with Gasteiger partial charge in [-0.1, -0.05) is 0 Å². The molecule has 3 aromatic rings. The van der Waals surface area contributed by atoms with Crippen molar-refractivity contribution in [2.45, 2.75) is 56.8 Å². The summed E-state index contributed by atoms with van der Waals surface area (Å²) in [6.07, 6.45) is 4.05. The SMILES string of the molecule is Oc1ccc(OC(F)(F)F)c(-c2ncc3c(N4CC5CCC(C5)C4)nc(OCC45CCCN4CCC5)nc3c2F)c1. The molecule has 1 aromatic carbocycles. The molecule has 4 aliphatic rings. The van der Waals surface area contributed by atoms with Crippen LogP contribution in [0.2, 0.25) is 0 Å². The first kappa shape index (κ1) is 26.5. The Morgan fingerprint density at radius 1 is 1.05 bits per heavy atom. The van der Waals surface area contributed by atoms with E-state index in [1.54, 1.807) is 0 Å². The number of phenolic OH excluding ortho intramolecular Hbond substituents is 1. The summed E-state index contributed by atoms with van der Waals surface area (Å²) in [7, 11) is 0. The predicted molar refractivity (Wildman–Crippen MR) is 142 cm³/mol. The maximum Gasteiger partial charge on any atom is 0.573 e. The Labute approximate surface area is 234 Å². The first-order chi connectivity index (χ1) is 19.7. The monoisotopic (exact) mass is 573 g/mol. The van der Waals surface area contributed by atoms with Crippen molar-refractivity contribution in [1.29, 1.82) is 0 Å². The highest BCUT2D eigenvalue weighted by Gasteiger charge is 2.45. The topological polar surface area (TPSA) is 83.8 Å². The number of phenols is 1. The summed E-state index contributed by atoms with van der Waals surface area (Å²) in [4.78, 5) is 18.0.